The molecule has 2 aromatic heterocycles. The Labute approximate surface area is 166 Å². The van der Waals surface area contributed by atoms with Crippen molar-refractivity contribution in [3.8, 4) is 11.5 Å². The second-order valence-electron chi connectivity index (χ2n) is 7.85. The summed E-state index contributed by atoms with van der Waals surface area (Å²) in [5.74, 6) is 2.24. The van der Waals surface area contributed by atoms with Gasteiger partial charge in [0, 0.05) is 32.4 Å². The van der Waals surface area contributed by atoms with Crippen LogP contribution in [0.4, 0.5) is 0 Å². The maximum atomic E-state index is 4.68. The molecule has 27 heavy (non-hydrogen) atoms. The van der Waals surface area contributed by atoms with Crippen molar-refractivity contribution in [3.05, 3.63) is 24.4 Å². The number of hydrogen-bond donors (Lipinski definition) is 0. The molecule has 0 aliphatic carbocycles. The predicted molar refractivity (Wildman–Crippen MR) is 115 cm³/mol. The van der Waals surface area contributed by atoms with Crippen molar-refractivity contribution >= 4 is 0 Å². The first-order valence-electron chi connectivity index (χ1n) is 11.3. The molecule has 2 aromatic rings. The average Bonchev–Trinajstić information content (AvgIpc) is 3.28. The van der Waals surface area contributed by atoms with E-state index in [0.29, 0.717) is 0 Å². The summed E-state index contributed by atoms with van der Waals surface area (Å²) in [6, 6.07) is 0. The van der Waals surface area contributed by atoms with Gasteiger partial charge in [0.2, 0.25) is 0 Å². The lowest BCUT2D eigenvalue weighted by molar-refractivity contribution is 0.552. The van der Waals surface area contributed by atoms with Gasteiger partial charge >= 0.3 is 0 Å². The summed E-state index contributed by atoms with van der Waals surface area (Å²) in [6.07, 6.45) is 23.2. The zero-order valence-electron chi connectivity index (χ0n) is 17.9. The molecule has 0 spiro atoms. The standard InChI is InChI=1S/C23H40N4/c1-4-6-8-9-10-11-12-13-14-15-16-22-25-20-21(26(22)3)23-24-17-19-27(23)18-7-5-2/h17,19-20H,4-16,18H2,1-3H3. The highest BCUT2D eigenvalue weighted by molar-refractivity contribution is 5.50. The number of unbranched alkanes of at least 4 members (excludes halogenated alkanes) is 10. The van der Waals surface area contributed by atoms with Gasteiger partial charge in [-0.25, -0.2) is 9.97 Å². The summed E-state index contributed by atoms with van der Waals surface area (Å²) in [5.41, 5.74) is 1.14. The van der Waals surface area contributed by atoms with Gasteiger partial charge < -0.3 is 9.13 Å². The van der Waals surface area contributed by atoms with Gasteiger partial charge in [-0.1, -0.05) is 78.1 Å². The smallest absolute Gasteiger partial charge is 0.158 e. The van der Waals surface area contributed by atoms with Crippen LogP contribution in [0.25, 0.3) is 11.5 Å². The van der Waals surface area contributed by atoms with E-state index in [1.165, 1.54) is 82.9 Å². The Balaban J connectivity index is 1.69. The topological polar surface area (TPSA) is 35.6 Å². The van der Waals surface area contributed by atoms with E-state index in [9.17, 15) is 0 Å². The number of hydrogen-bond acceptors (Lipinski definition) is 2. The Bertz CT molecular complexity index is 626. The predicted octanol–water partition coefficient (Wildman–Crippen LogP) is 6.55. The van der Waals surface area contributed by atoms with Gasteiger partial charge in [0.1, 0.15) is 11.5 Å². The molecule has 2 rings (SSSR count). The largest absolute Gasteiger partial charge is 0.330 e. The minimum absolute atomic E-state index is 1.03. The van der Waals surface area contributed by atoms with Gasteiger partial charge in [0.05, 0.1) is 6.20 Å². The number of aryl methyl sites for hydroxylation is 2. The number of rotatable bonds is 15. The number of nitrogens with zero attached hydrogens (tertiary/aromatic N) is 4. The summed E-state index contributed by atoms with van der Waals surface area (Å²) in [7, 11) is 2.13. The molecule has 0 saturated carbocycles. The van der Waals surface area contributed by atoms with E-state index >= 15 is 0 Å². The molecule has 0 saturated heterocycles. The summed E-state index contributed by atoms with van der Waals surface area (Å²) < 4.78 is 4.49. The maximum absolute atomic E-state index is 4.68. The lowest BCUT2D eigenvalue weighted by Gasteiger charge is -2.09. The molecule has 2 heterocycles. The Hall–Kier alpha value is -1.58. The SMILES string of the molecule is CCCCCCCCCCCCc1ncc(-c2nccn2CCCC)n1C. The summed E-state index contributed by atoms with van der Waals surface area (Å²) >= 11 is 0. The third kappa shape index (κ3) is 7.15. The fourth-order valence-corrected chi connectivity index (χ4v) is 3.71. The highest BCUT2D eigenvalue weighted by atomic mass is 15.1. The van der Waals surface area contributed by atoms with Crippen molar-refractivity contribution in [1.82, 2.24) is 19.1 Å². The van der Waals surface area contributed by atoms with Gasteiger partial charge in [0.25, 0.3) is 0 Å². The minimum Gasteiger partial charge on any atom is -0.330 e. The molecule has 0 aromatic carbocycles. The van der Waals surface area contributed by atoms with E-state index in [-0.39, 0.29) is 0 Å². The molecule has 4 heteroatoms. The highest BCUT2D eigenvalue weighted by Crippen LogP contribution is 2.20. The van der Waals surface area contributed by atoms with E-state index in [1.807, 2.05) is 12.4 Å². The number of aromatic nitrogens is 4. The van der Waals surface area contributed by atoms with Crippen molar-refractivity contribution in [1.29, 1.82) is 0 Å². The first-order valence-corrected chi connectivity index (χ1v) is 11.3. The molecule has 152 valence electrons. The van der Waals surface area contributed by atoms with Gasteiger partial charge in [0.15, 0.2) is 5.82 Å². The molecule has 0 atom stereocenters. The van der Waals surface area contributed by atoms with E-state index < -0.39 is 0 Å². The van der Waals surface area contributed by atoms with E-state index in [0.717, 1.165) is 24.5 Å². The van der Waals surface area contributed by atoms with Gasteiger partial charge in [-0.3, -0.25) is 0 Å². The Morgan fingerprint density at radius 2 is 1.41 bits per heavy atom. The average molecular weight is 373 g/mol. The Kier molecular flexibility index (Phi) is 10.3. The monoisotopic (exact) mass is 372 g/mol. The van der Waals surface area contributed by atoms with Crippen LogP contribution in [0.1, 0.15) is 96.7 Å². The fourth-order valence-electron chi connectivity index (χ4n) is 3.71. The molecule has 0 N–H and O–H groups in total. The van der Waals surface area contributed by atoms with Crippen molar-refractivity contribution in [2.45, 2.75) is 104 Å². The summed E-state index contributed by atoms with van der Waals surface area (Å²) in [6.45, 7) is 5.54. The quantitative estimate of drug-likeness (QED) is 0.332. The summed E-state index contributed by atoms with van der Waals surface area (Å²) in [5, 5.41) is 0. The van der Waals surface area contributed by atoms with E-state index in [2.05, 4.69) is 46.2 Å². The van der Waals surface area contributed by atoms with Crippen LogP contribution in [-0.4, -0.2) is 19.1 Å². The van der Waals surface area contributed by atoms with Crippen LogP contribution in [0.2, 0.25) is 0 Å². The van der Waals surface area contributed by atoms with Gasteiger partial charge in [-0.05, 0) is 12.8 Å². The molecule has 4 nitrogen and oxygen atoms in total. The van der Waals surface area contributed by atoms with Crippen LogP contribution in [0.3, 0.4) is 0 Å². The normalized spacial score (nSPS) is 11.4. The third-order valence-corrected chi connectivity index (χ3v) is 5.54. The van der Waals surface area contributed by atoms with E-state index in [4.69, 9.17) is 0 Å². The van der Waals surface area contributed by atoms with E-state index in [1.54, 1.807) is 0 Å². The van der Waals surface area contributed by atoms with Crippen LogP contribution >= 0.6 is 0 Å². The zero-order chi connectivity index (χ0) is 19.3. The zero-order valence-corrected chi connectivity index (χ0v) is 17.9. The Morgan fingerprint density at radius 1 is 0.778 bits per heavy atom. The van der Waals surface area contributed by atoms with Crippen LogP contribution < -0.4 is 0 Å². The first kappa shape index (κ1) is 21.7. The third-order valence-electron chi connectivity index (χ3n) is 5.54. The van der Waals surface area contributed by atoms with Crippen LogP contribution in [0.5, 0.6) is 0 Å². The van der Waals surface area contributed by atoms with Gasteiger partial charge in [-0.15, -0.1) is 0 Å². The summed E-state index contributed by atoms with van der Waals surface area (Å²) in [4.78, 5) is 9.25. The molecular weight excluding hydrogens is 332 g/mol. The molecule has 0 amide bonds. The number of imidazole rings is 2. The highest BCUT2D eigenvalue weighted by Gasteiger charge is 2.13. The van der Waals surface area contributed by atoms with Crippen LogP contribution in [0.15, 0.2) is 18.6 Å². The molecule has 0 fully saturated rings. The minimum atomic E-state index is 1.03. The maximum Gasteiger partial charge on any atom is 0.158 e. The lowest BCUT2D eigenvalue weighted by Crippen LogP contribution is -2.04. The molecule has 0 aliphatic heterocycles. The molecule has 0 radical (unpaired) electrons. The fraction of sp³-hybridized carbons (Fsp3) is 0.739. The molecule has 0 unspecified atom stereocenters. The van der Waals surface area contributed by atoms with Crippen LogP contribution in [0, 0.1) is 0 Å². The molecule has 0 bridgehead atoms. The molecule has 0 aliphatic rings. The molecular formula is C23H40N4. The Morgan fingerprint density at radius 3 is 2.07 bits per heavy atom. The van der Waals surface area contributed by atoms with Gasteiger partial charge in [-0.2, -0.15) is 0 Å². The lowest BCUT2D eigenvalue weighted by atomic mass is 10.1. The van der Waals surface area contributed by atoms with Crippen molar-refractivity contribution in [2.24, 2.45) is 7.05 Å². The van der Waals surface area contributed by atoms with Crippen molar-refractivity contribution in [3.63, 3.8) is 0 Å². The first-order chi connectivity index (χ1) is 13.3. The second-order valence-corrected chi connectivity index (χ2v) is 7.85. The second kappa shape index (κ2) is 12.7. The van der Waals surface area contributed by atoms with Crippen molar-refractivity contribution in [2.75, 3.05) is 0 Å². The van der Waals surface area contributed by atoms with Crippen LogP contribution in [-0.2, 0) is 20.0 Å². The van der Waals surface area contributed by atoms with Crippen molar-refractivity contribution < 1.29 is 0 Å².